The van der Waals surface area contributed by atoms with Crippen LogP contribution in [0.4, 0.5) is 0 Å². The number of likely N-dealkylation sites (N-methyl/N-ethyl adjacent to an activating group) is 1. The van der Waals surface area contributed by atoms with Crippen LogP contribution in [0, 0.1) is 0 Å². The van der Waals surface area contributed by atoms with Crippen LogP contribution in [0.5, 0.6) is 0 Å². The third kappa shape index (κ3) is 2.74. The summed E-state index contributed by atoms with van der Waals surface area (Å²) in [7, 11) is 2.23. The molecule has 0 spiro atoms. The number of piperazine rings is 1. The number of hydrogen-bond donors (Lipinski definition) is 0. The molecule has 0 saturated carbocycles. The van der Waals surface area contributed by atoms with E-state index in [1.807, 2.05) is 0 Å². The molecule has 0 N–H and O–H groups in total. The maximum absolute atomic E-state index is 2.78. The third-order valence-corrected chi connectivity index (χ3v) is 6.43. The molecular formula is C9H21AlN2. The van der Waals surface area contributed by atoms with Crippen molar-refractivity contribution >= 4 is 14.4 Å². The summed E-state index contributed by atoms with van der Waals surface area (Å²) >= 11 is -0.494. The summed E-state index contributed by atoms with van der Waals surface area (Å²) in [4.78, 5) is 2.44. The number of rotatable bonds is 3. The maximum Gasteiger partial charge on any atom is 0.372 e. The first-order valence-corrected chi connectivity index (χ1v) is 7.35. The second-order valence-corrected chi connectivity index (χ2v) is 7.48. The lowest BCUT2D eigenvalue weighted by molar-refractivity contribution is 0.220. The minimum atomic E-state index is -0.494. The molecule has 1 aliphatic rings. The SMILES string of the molecule is C[CH2][Al]([CH2]C)[N]1CCN(C)CC1. The van der Waals surface area contributed by atoms with Gasteiger partial charge in [0.05, 0.1) is 0 Å². The molecule has 1 heterocycles. The smallest absolute Gasteiger partial charge is 0.372 e. The summed E-state index contributed by atoms with van der Waals surface area (Å²) in [5, 5.41) is 2.89. The quantitative estimate of drug-likeness (QED) is 0.609. The lowest BCUT2D eigenvalue weighted by atomic mass is 10.4. The van der Waals surface area contributed by atoms with Crippen LogP contribution in [0.3, 0.4) is 0 Å². The summed E-state index contributed by atoms with van der Waals surface area (Å²) < 4.78 is 2.78. The fourth-order valence-corrected chi connectivity index (χ4v) is 4.56. The molecule has 3 heteroatoms. The maximum atomic E-state index is 2.78. The largest absolute Gasteiger partial charge is 0.382 e. The van der Waals surface area contributed by atoms with Gasteiger partial charge in [-0.05, 0) is 20.1 Å². The molecule has 0 aromatic rings. The first-order valence-electron chi connectivity index (χ1n) is 5.20. The van der Waals surface area contributed by atoms with Crippen molar-refractivity contribution in [1.82, 2.24) is 8.78 Å². The van der Waals surface area contributed by atoms with Gasteiger partial charge in [0, 0.05) is 13.1 Å². The van der Waals surface area contributed by atoms with Crippen molar-refractivity contribution in [2.75, 3.05) is 33.2 Å². The van der Waals surface area contributed by atoms with Crippen molar-refractivity contribution in [2.24, 2.45) is 0 Å². The van der Waals surface area contributed by atoms with Gasteiger partial charge in [-0.25, -0.2) is 0 Å². The van der Waals surface area contributed by atoms with Crippen LogP contribution in [-0.4, -0.2) is 56.4 Å². The van der Waals surface area contributed by atoms with E-state index < -0.39 is 14.4 Å². The van der Waals surface area contributed by atoms with Crippen molar-refractivity contribution in [2.45, 2.75) is 24.4 Å². The lowest BCUT2D eigenvalue weighted by Crippen LogP contribution is -2.50. The van der Waals surface area contributed by atoms with E-state index in [9.17, 15) is 0 Å². The van der Waals surface area contributed by atoms with Gasteiger partial charge in [-0.2, -0.15) is 0 Å². The van der Waals surface area contributed by atoms with Crippen LogP contribution < -0.4 is 0 Å². The van der Waals surface area contributed by atoms with E-state index in [1.165, 1.54) is 36.7 Å². The minimum absolute atomic E-state index is 0.494. The first kappa shape index (κ1) is 10.5. The summed E-state index contributed by atoms with van der Waals surface area (Å²) in [6.07, 6.45) is 0. The Labute approximate surface area is 81.1 Å². The van der Waals surface area contributed by atoms with Crippen LogP contribution in [0.15, 0.2) is 0 Å². The van der Waals surface area contributed by atoms with Gasteiger partial charge in [-0.15, -0.1) is 0 Å². The minimum Gasteiger partial charge on any atom is -0.382 e. The highest BCUT2D eigenvalue weighted by Gasteiger charge is 2.24. The molecule has 0 unspecified atom stereocenters. The van der Waals surface area contributed by atoms with E-state index in [4.69, 9.17) is 0 Å². The zero-order valence-electron chi connectivity index (χ0n) is 8.71. The van der Waals surface area contributed by atoms with Crippen LogP contribution in [0.1, 0.15) is 13.8 Å². The summed E-state index contributed by atoms with van der Waals surface area (Å²) in [5.74, 6) is 0. The molecule has 12 heavy (non-hydrogen) atoms. The zero-order chi connectivity index (χ0) is 8.97. The Morgan fingerprint density at radius 2 is 1.50 bits per heavy atom. The van der Waals surface area contributed by atoms with Crippen LogP contribution in [0.25, 0.3) is 0 Å². The zero-order valence-corrected chi connectivity index (χ0v) is 9.87. The van der Waals surface area contributed by atoms with Gasteiger partial charge < -0.3 is 8.78 Å². The van der Waals surface area contributed by atoms with Gasteiger partial charge >= 0.3 is 14.4 Å². The average Bonchev–Trinajstić information content (AvgIpc) is 2.10. The molecule has 0 aromatic carbocycles. The van der Waals surface area contributed by atoms with E-state index in [0.717, 1.165) is 0 Å². The normalized spacial score (nSPS) is 21.2. The Morgan fingerprint density at radius 3 is 1.92 bits per heavy atom. The predicted octanol–water partition coefficient (Wildman–Crippen LogP) is 1.27. The highest BCUT2D eigenvalue weighted by Crippen LogP contribution is 2.08. The van der Waals surface area contributed by atoms with Gasteiger partial charge in [0.2, 0.25) is 0 Å². The third-order valence-electron chi connectivity index (χ3n) is 3.00. The van der Waals surface area contributed by atoms with E-state index in [1.54, 1.807) is 0 Å². The van der Waals surface area contributed by atoms with Crippen molar-refractivity contribution < 1.29 is 0 Å². The molecule has 2 nitrogen and oxygen atoms in total. The van der Waals surface area contributed by atoms with E-state index in [2.05, 4.69) is 29.7 Å². The Kier molecular flexibility index (Phi) is 4.60. The Balaban J connectivity index is 2.32. The monoisotopic (exact) mass is 184 g/mol. The average molecular weight is 184 g/mol. The van der Waals surface area contributed by atoms with E-state index in [0.29, 0.717) is 0 Å². The number of nitrogens with zero attached hydrogens (tertiary/aromatic N) is 2. The van der Waals surface area contributed by atoms with Gasteiger partial charge in [0.15, 0.2) is 0 Å². The van der Waals surface area contributed by atoms with Crippen molar-refractivity contribution in [1.29, 1.82) is 0 Å². The fourth-order valence-electron chi connectivity index (χ4n) is 1.99. The molecular weight excluding hydrogens is 163 g/mol. The van der Waals surface area contributed by atoms with Crippen molar-refractivity contribution in [3.63, 3.8) is 0 Å². The van der Waals surface area contributed by atoms with Crippen LogP contribution in [-0.2, 0) is 0 Å². The molecule has 0 aliphatic carbocycles. The summed E-state index contributed by atoms with van der Waals surface area (Å²) in [5.41, 5.74) is 0. The Bertz CT molecular complexity index is 118. The van der Waals surface area contributed by atoms with Gasteiger partial charge in [-0.1, -0.05) is 24.4 Å². The first-order chi connectivity index (χ1) is 5.77. The molecule has 1 rings (SSSR count). The second kappa shape index (κ2) is 5.24. The fraction of sp³-hybridized carbons (Fsp3) is 1.00. The molecule has 1 saturated heterocycles. The lowest BCUT2D eigenvalue weighted by Gasteiger charge is -2.36. The van der Waals surface area contributed by atoms with Crippen LogP contribution in [0.2, 0.25) is 10.6 Å². The molecule has 0 atom stereocenters. The topological polar surface area (TPSA) is 6.48 Å². The number of hydrogen-bond acceptors (Lipinski definition) is 2. The summed E-state index contributed by atoms with van der Waals surface area (Å²) in [6, 6.07) is 0. The molecule has 1 fully saturated rings. The molecule has 0 aromatic heterocycles. The summed E-state index contributed by atoms with van der Waals surface area (Å²) in [6.45, 7) is 9.94. The molecule has 0 amide bonds. The predicted molar refractivity (Wildman–Crippen MR) is 55.8 cm³/mol. The molecule has 0 radical (unpaired) electrons. The van der Waals surface area contributed by atoms with Gasteiger partial charge in [0.1, 0.15) is 0 Å². The van der Waals surface area contributed by atoms with E-state index >= 15 is 0 Å². The van der Waals surface area contributed by atoms with Crippen LogP contribution >= 0.6 is 0 Å². The van der Waals surface area contributed by atoms with Gasteiger partial charge in [-0.3, -0.25) is 0 Å². The molecule has 1 aliphatic heterocycles. The highest BCUT2D eigenvalue weighted by atomic mass is 27.2. The van der Waals surface area contributed by atoms with Crippen molar-refractivity contribution in [3.05, 3.63) is 0 Å². The van der Waals surface area contributed by atoms with E-state index in [-0.39, 0.29) is 0 Å². The highest BCUT2D eigenvalue weighted by molar-refractivity contribution is 6.55. The van der Waals surface area contributed by atoms with Gasteiger partial charge in [0.25, 0.3) is 0 Å². The standard InChI is InChI=1S/C5H11N2.2C2H5.Al/c1-7-4-2-6-3-5-7;2*1-2;/h2-5H2,1H3;2*1H2,2H3;/q-1;;;+1. The second-order valence-electron chi connectivity index (χ2n) is 3.81. The molecule has 70 valence electrons. The van der Waals surface area contributed by atoms with Crippen molar-refractivity contribution in [3.8, 4) is 0 Å². The molecule has 0 bridgehead atoms. The Morgan fingerprint density at radius 1 is 1.00 bits per heavy atom. The Hall–Kier alpha value is 0.452.